The second-order valence-electron chi connectivity index (χ2n) is 4.67. The van der Waals surface area contributed by atoms with Crippen LogP contribution >= 0.6 is 0 Å². The molecule has 16 heavy (non-hydrogen) atoms. The third-order valence-corrected chi connectivity index (χ3v) is 3.35. The maximum atomic E-state index is 11.4. The summed E-state index contributed by atoms with van der Waals surface area (Å²) < 4.78 is 5.07. The van der Waals surface area contributed by atoms with Crippen LogP contribution < -0.4 is 11.1 Å². The molecule has 0 aromatic heterocycles. The van der Waals surface area contributed by atoms with Crippen LogP contribution in [0, 0.1) is 11.8 Å². The summed E-state index contributed by atoms with van der Waals surface area (Å²) in [4.78, 5) is 11.4. The Kier molecular flexibility index (Phi) is 6.42. The van der Waals surface area contributed by atoms with Gasteiger partial charge in [0.2, 0.25) is 5.91 Å². The summed E-state index contributed by atoms with van der Waals surface area (Å²) in [5, 5.41) is 2.94. The molecule has 94 valence electrons. The Morgan fingerprint density at radius 1 is 1.44 bits per heavy atom. The number of carbonyl (C=O) groups is 1. The average Bonchev–Trinajstić information content (AvgIpc) is 2.28. The minimum Gasteiger partial charge on any atom is -0.370 e. The van der Waals surface area contributed by atoms with Crippen LogP contribution in [0.1, 0.15) is 32.6 Å². The van der Waals surface area contributed by atoms with E-state index in [0.717, 1.165) is 12.5 Å². The van der Waals surface area contributed by atoms with E-state index in [1.54, 1.807) is 0 Å². The van der Waals surface area contributed by atoms with E-state index in [4.69, 9.17) is 10.5 Å². The molecule has 0 radical (unpaired) electrons. The number of rotatable bonds is 6. The normalized spacial score (nSPS) is 25.4. The number of hydrogen-bond acceptors (Lipinski definition) is 3. The highest BCUT2D eigenvalue weighted by atomic mass is 16.5. The van der Waals surface area contributed by atoms with Crippen LogP contribution in [0.3, 0.4) is 0 Å². The largest absolute Gasteiger partial charge is 0.370 e. The summed E-state index contributed by atoms with van der Waals surface area (Å²) in [6.45, 7) is 4.13. The monoisotopic (exact) mass is 228 g/mol. The van der Waals surface area contributed by atoms with Gasteiger partial charge in [-0.3, -0.25) is 4.79 Å². The van der Waals surface area contributed by atoms with Crippen molar-refractivity contribution < 1.29 is 9.53 Å². The zero-order chi connectivity index (χ0) is 11.8. The second kappa shape index (κ2) is 7.63. The first kappa shape index (κ1) is 13.5. The number of amides is 1. The Labute approximate surface area is 97.9 Å². The van der Waals surface area contributed by atoms with E-state index in [9.17, 15) is 4.79 Å². The molecule has 1 rings (SSSR count). The topological polar surface area (TPSA) is 64.3 Å². The molecular weight excluding hydrogens is 204 g/mol. The van der Waals surface area contributed by atoms with Crippen LogP contribution in [0.4, 0.5) is 0 Å². The quantitative estimate of drug-likeness (QED) is 0.664. The molecule has 1 saturated carbocycles. The molecule has 2 unspecified atom stereocenters. The van der Waals surface area contributed by atoms with Gasteiger partial charge in [-0.15, -0.1) is 0 Å². The van der Waals surface area contributed by atoms with E-state index in [1.807, 2.05) is 0 Å². The van der Waals surface area contributed by atoms with E-state index >= 15 is 0 Å². The van der Waals surface area contributed by atoms with E-state index in [1.165, 1.54) is 25.7 Å². The lowest BCUT2D eigenvalue weighted by atomic mass is 9.80. The molecule has 0 aromatic carbocycles. The highest BCUT2D eigenvalue weighted by molar-refractivity contribution is 5.77. The fraction of sp³-hybridized carbons (Fsp3) is 0.917. The first-order chi connectivity index (χ1) is 7.74. The van der Waals surface area contributed by atoms with Gasteiger partial charge in [0, 0.05) is 13.1 Å². The van der Waals surface area contributed by atoms with Crippen LogP contribution in [0.15, 0.2) is 0 Å². The lowest BCUT2D eigenvalue weighted by Crippen LogP contribution is -2.35. The van der Waals surface area contributed by atoms with Crippen LogP contribution in [-0.4, -0.2) is 32.2 Å². The molecule has 4 heteroatoms. The van der Waals surface area contributed by atoms with Crippen molar-refractivity contribution in [3.8, 4) is 0 Å². The maximum Gasteiger partial charge on any atom is 0.246 e. The van der Waals surface area contributed by atoms with Crippen molar-refractivity contribution in [3.05, 3.63) is 0 Å². The van der Waals surface area contributed by atoms with E-state index < -0.39 is 0 Å². The highest BCUT2D eigenvalue weighted by Gasteiger charge is 2.21. The van der Waals surface area contributed by atoms with Gasteiger partial charge in [-0.25, -0.2) is 0 Å². The summed E-state index contributed by atoms with van der Waals surface area (Å²) in [6, 6.07) is 0. The third kappa shape index (κ3) is 4.94. The Balaban J connectivity index is 2.10. The first-order valence-electron chi connectivity index (χ1n) is 6.28. The van der Waals surface area contributed by atoms with Crippen molar-refractivity contribution in [3.63, 3.8) is 0 Å². The molecule has 3 N–H and O–H groups in total. The standard InChI is InChI=1S/C12H24N2O2/c1-10-4-2-3-5-11(10)8-14-12(15)9-16-7-6-13/h10-11H,2-9,13H2,1H3,(H,14,15). The number of ether oxygens (including phenoxy) is 1. The molecule has 0 aromatic rings. The first-order valence-corrected chi connectivity index (χ1v) is 6.28. The number of nitrogens with two attached hydrogens (primary N) is 1. The van der Waals surface area contributed by atoms with Gasteiger partial charge in [0.15, 0.2) is 0 Å². The smallest absolute Gasteiger partial charge is 0.246 e. The van der Waals surface area contributed by atoms with Gasteiger partial charge < -0.3 is 15.8 Å². The molecule has 4 nitrogen and oxygen atoms in total. The van der Waals surface area contributed by atoms with E-state index in [2.05, 4.69) is 12.2 Å². The van der Waals surface area contributed by atoms with Crippen molar-refractivity contribution in [1.29, 1.82) is 0 Å². The lowest BCUT2D eigenvalue weighted by Gasteiger charge is -2.28. The summed E-state index contributed by atoms with van der Waals surface area (Å²) >= 11 is 0. The van der Waals surface area contributed by atoms with E-state index in [-0.39, 0.29) is 12.5 Å². The van der Waals surface area contributed by atoms with Gasteiger partial charge >= 0.3 is 0 Å². The zero-order valence-electron chi connectivity index (χ0n) is 10.2. The number of carbonyl (C=O) groups excluding carboxylic acids is 1. The second-order valence-corrected chi connectivity index (χ2v) is 4.67. The van der Waals surface area contributed by atoms with Crippen molar-refractivity contribution in [1.82, 2.24) is 5.32 Å². The van der Waals surface area contributed by atoms with Crippen LogP contribution in [0.25, 0.3) is 0 Å². The predicted octanol–water partition coefficient (Wildman–Crippen LogP) is 0.904. The van der Waals surface area contributed by atoms with Crippen molar-refractivity contribution in [2.45, 2.75) is 32.6 Å². The molecule has 2 atom stereocenters. The van der Waals surface area contributed by atoms with Crippen LogP contribution in [-0.2, 0) is 9.53 Å². The molecular formula is C12H24N2O2. The van der Waals surface area contributed by atoms with Crippen LogP contribution in [0.2, 0.25) is 0 Å². The Bertz CT molecular complexity index is 209. The lowest BCUT2D eigenvalue weighted by molar-refractivity contribution is -0.125. The zero-order valence-corrected chi connectivity index (χ0v) is 10.2. The summed E-state index contributed by atoms with van der Waals surface area (Å²) in [6.07, 6.45) is 5.18. The molecule has 1 fully saturated rings. The summed E-state index contributed by atoms with van der Waals surface area (Å²) in [5.41, 5.74) is 5.27. The molecule has 1 aliphatic rings. The molecule has 0 aliphatic heterocycles. The molecule has 0 saturated heterocycles. The number of hydrogen-bond donors (Lipinski definition) is 2. The fourth-order valence-corrected chi connectivity index (χ4v) is 2.24. The number of nitrogens with one attached hydrogen (secondary N) is 1. The van der Waals surface area contributed by atoms with Crippen LogP contribution in [0.5, 0.6) is 0 Å². The Morgan fingerprint density at radius 3 is 2.88 bits per heavy atom. The summed E-state index contributed by atoms with van der Waals surface area (Å²) in [7, 11) is 0. The van der Waals surface area contributed by atoms with Gasteiger partial charge in [-0.1, -0.05) is 26.2 Å². The molecule has 0 spiro atoms. The minimum atomic E-state index is -0.0220. The SMILES string of the molecule is CC1CCCCC1CNC(=O)COCCN. The molecule has 0 bridgehead atoms. The minimum absolute atomic E-state index is 0.0220. The third-order valence-electron chi connectivity index (χ3n) is 3.35. The van der Waals surface area contributed by atoms with Crippen molar-refractivity contribution in [2.75, 3.05) is 26.3 Å². The van der Waals surface area contributed by atoms with Crippen molar-refractivity contribution in [2.24, 2.45) is 17.6 Å². The van der Waals surface area contributed by atoms with Gasteiger partial charge in [0.25, 0.3) is 0 Å². The van der Waals surface area contributed by atoms with E-state index in [0.29, 0.717) is 19.1 Å². The average molecular weight is 228 g/mol. The molecule has 0 heterocycles. The molecule has 1 amide bonds. The Hall–Kier alpha value is -0.610. The van der Waals surface area contributed by atoms with Gasteiger partial charge in [-0.05, 0) is 18.3 Å². The fourth-order valence-electron chi connectivity index (χ4n) is 2.24. The summed E-state index contributed by atoms with van der Waals surface area (Å²) in [5.74, 6) is 1.36. The molecule has 1 aliphatic carbocycles. The predicted molar refractivity (Wildman–Crippen MR) is 64.0 cm³/mol. The van der Waals surface area contributed by atoms with Gasteiger partial charge in [0.05, 0.1) is 6.61 Å². The Morgan fingerprint density at radius 2 is 2.19 bits per heavy atom. The van der Waals surface area contributed by atoms with Gasteiger partial charge in [-0.2, -0.15) is 0 Å². The van der Waals surface area contributed by atoms with Gasteiger partial charge in [0.1, 0.15) is 6.61 Å². The van der Waals surface area contributed by atoms with Crippen molar-refractivity contribution >= 4 is 5.91 Å². The maximum absolute atomic E-state index is 11.4. The highest BCUT2D eigenvalue weighted by Crippen LogP contribution is 2.28.